The average molecular weight is 259 g/mol. The number of anilines is 1. The highest BCUT2D eigenvalue weighted by atomic mass is 32.2. The molecule has 3 N–H and O–H groups in total. The number of carbonyl (C=O) groups is 1. The van der Waals surface area contributed by atoms with Crippen LogP contribution in [0.4, 0.5) is 5.69 Å². The van der Waals surface area contributed by atoms with E-state index in [1.165, 1.54) is 11.6 Å². The largest absolute Gasteiger partial charge is 0.478 e. The predicted octanol–water partition coefficient (Wildman–Crippen LogP) is 3.43. The van der Waals surface area contributed by atoms with E-state index in [2.05, 4.69) is 6.07 Å². The van der Waals surface area contributed by atoms with Gasteiger partial charge in [-0.2, -0.15) is 0 Å². The van der Waals surface area contributed by atoms with Gasteiger partial charge in [-0.25, -0.2) is 4.79 Å². The molecule has 0 aliphatic rings. The van der Waals surface area contributed by atoms with Crippen molar-refractivity contribution in [1.29, 1.82) is 0 Å². The maximum Gasteiger partial charge on any atom is 0.337 e. The number of aryl methyl sites for hydroxylation is 1. The fourth-order valence-electron chi connectivity index (χ4n) is 1.61. The molecule has 92 valence electrons. The molecule has 0 radical (unpaired) electrons. The minimum absolute atomic E-state index is 0.142. The molecule has 4 heteroatoms. The van der Waals surface area contributed by atoms with E-state index < -0.39 is 5.97 Å². The third-order valence-electron chi connectivity index (χ3n) is 2.48. The molecule has 18 heavy (non-hydrogen) atoms. The third kappa shape index (κ3) is 2.84. The molecule has 0 heterocycles. The Kier molecular flexibility index (Phi) is 3.58. The molecule has 0 fully saturated rings. The summed E-state index contributed by atoms with van der Waals surface area (Å²) in [6, 6.07) is 13.1. The molecule has 3 nitrogen and oxygen atoms in total. The average Bonchev–Trinajstić information content (AvgIpc) is 2.28. The molecule has 0 aromatic heterocycles. The molecule has 2 aromatic carbocycles. The predicted molar refractivity (Wildman–Crippen MR) is 73.1 cm³/mol. The summed E-state index contributed by atoms with van der Waals surface area (Å²) in [4.78, 5) is 12.9. The van der Waals surface area contributed by atoms with Crippen molar-refractivity contribution in [2.45, 2.75) is 16.7 Å². The Morgan fingerprint density at radius 2 is 1.89 bits per heavy atom. The van der Waals surface area contributed by atoms with Gasteiger partial charge in [-0.15, -0.1) is 0 Å². The van der Waals surface area contributed by atoms with Crippen molar-refractivity contribution in [1.82, 2.24) is 0 Å². The molecule has 0 spiro atoms. The van der Waals surface area contributed by atoms with Gasteiger partial charge in [0.25, 0.3) is 0 Å². The first-order valence-corrected chi connectivity index (χ1v) is 6.25. The second-order valence-electron chi connectivity index (χ2n) is 3.97. The molecule has 0 atom stereocenters. The van der Waals surface area contributed by atoms with Gasteiger partial charge in [0.2, 0.25) is 0 Å². The van der Waals surface area contributed by atoms with E-state index in [9.17, 15) is 4.79 Å². The normalized spacial score (nSPS) is 10.3. The lowest BCUT2D eigenvalue weighted by molar-refractivity contribution is 0.0698. The Morgan fingerprint density at radius 3 is 2.50 bits per heavy atom. The number of nitrogens with two attached hydrogens (primary N) is 1. The number of rotatable bonds is 3. The smallest absolute Gasteiger partial charge is 0.337 e. The van der Waals surface area contributed by atoms with Gasteiger partial charge < -0.3 is 10.8 Å². The number of benzene rings is 2. The molecular weight excluding hydrogens is 246 g/mol. The Balaban J connectivity index is 2.25. The number of hydrogen-bond donors (Lipinski definition) is 2. The summed E-state index contributed by atoms with van der Waals surface area (Å²) >= 11 is 1.56. The second kappa shape index (κ2) is 5.14. The summed E-state index contributed by atoms with van der Waals surface area (Å²) in [5.74, 6) is -1.00. The van der Waals surface area contributed by atoms with E-state index in [-0.39, 0.29) is 5.56 Å². The van der Waals surface area contributed by atoms with Gasteiger partial charge in [0.05, 0.1) is 5.56 Å². The SMILES string of the molecule is Cc1cccc(Sc2ccc(C(=O)O)c(N)c2)c1. The monoisotopic (exact) mass is 259 g/mol. The van der Waals surface area contributed by atoms with Crippen LogP contribution in [0.25, 0.3) is 0 Å². The van der Waals surface area contributed by atoms with Crippen LogP contribution in [0, 0.1) is 6.92 Å². The van der Waals surface area contributed by atoms with Crippen LogP contribution in [0.3, 0.4) is 0 Å². The van der Waals surface area contributed by atoms with Crippen molar-refractivity contribution >= 4 is 23.4 Å². The van der Waals surface area contributed by atoms with E-state index in [0.717, 1.165) is 9.79 Å². The van der Waals surface area contributed by atoms with E-state index in [0.29, 0.717) is 5.69 Å². The summed E-state index contributed by atoms with van der Waals surface area (Å²) < 4.78 is 0. The lowest BCUT2D eigenvalue weighted by atomic mass is 10.2. The Bertz CT molecular complexity index is 596. The van der Waals surface area contributed by atoms with Crippen LogP contribution in [0.5, 0.6) is 0 Å². The van der Waals surface area contributed by atoms with Gasteiger partial charge in [0.15, 0.2) is 0 Å². The first-order chi connectivity index (χ1) is 8.56. The van der Waals surface area contributed by atoms with Crippen molar-refractivity contribution in [3.63, 3.8) is 0 Å². The summed E-state index contributed by atoms with van der Waals surface area (Å²) in [6.45, 7) is 2.03. The molecule has 0 bridgehead atoms. The van der Waals surface area contributed by atoms with Crippen LogP contribution in [-0.2, 0) is 0 Å². The van der Waals surface area contributed by atoms with Crippen molar-refractivity contribution in [2.24, 2.45) is 0 Å². The highest BCUT2D eigenvalue weighted by Crippen LogP contribution is 2.30. The summed E-state index contributed by atoms with van der Waals surface area (Å²) in [5, 5.41) is 8.90. The standard InChI is InChI=1S/C14H13NO2S/c1-9-3-2-4-10(7-9)18-11-5-6-12(14(16)17)13(15)8-11/h2-8H,15H2,1H3,(H,16,17). The fourth-order valence-corrected chi connectivity index (χ4v) is 2.60. The molecule has 2 aromatic rings. The fraction of sp³-hybridized carbons (Fsp3) is 0.0714. The highest BCUT2D eigenvalue weighted by Gasteiger charge is 2.08. The van der Waals surface area contributed by atoms with Crippen molar-refractivity contribution in [3.8, 4) is 0 Å². The van der Waals surface area contributed by atoms with Crippen molar-refractivity contribution in [3.05, 3.63) is 53.6 Å². The molecular formula is C14H13NO2S. The molecule has 0 saturated heterocycles. The topological polar surface area (TPSA) is 63.3 Å². The number of carboxylic acid groups (broad SMARTS) is 1. The Hall–Kier alpha value is -1.94. The Morgan fingerprint density at radius 1 is 1.17 bits per heavy atom. The number of carboxylic acids is 1. The van der Waals surface area contributed by atoms with E-state index in [4.69, 9.17) is 10.8 Å². The molecule has 0 amide bonds. The van der Waals surface area contributed by atoms with Crippen LogP contribution in [0.15, 0.2) is 52.3 Å². The van der Waals surface area contributed by atoms with Crippen LogP contribution in [0.1, 0.15) is 15.9 Å². The molecule has 0 aliphatic heterocycles. The first kappa shape index (κ1) is 12.5. The van der Waals surface area contributed by atoms with Crippen molar-refractivity contribution in [2.75, 3.05) is 5.73 Å². The van der Waals surface area contributed by atoms with Crippen molar-refractivity contribution < 1.29 is 9.90 Å². The number of aromatic carboxylic acids is 1. The lowest BCUT2D eigenvalue weighted by Gasteiger charge is -2.05. The minimum Gasteiger partial charge on any atom is -0.478 e. The Labute approximate surface area is 110 Å². The van der Waals surface area contributed by atoms with E-state index in [1.807, 2.05) is 25.1 Å². The van der Waals surface area contributed by atoms with Crippen LogP contribution in [0.2, 0.25) is 0 Å². The zero-order valence-electron chi connectivity index (χ0n) is 9.88. The van der Waals surface area contributed by atoms with Crippen LogP contribution < -0.4 is 5.73 Å². The highest BCUT2D eigenvalue weighted by molar-refractivity contribution is 7.99. The zero-order valence-corrected chi connectivity index (χ0v) is 10.7. The zero-order chi connectivity index (χ0) is 13.1. The van der Waals surface area contributed by atoms with Gasteiger partial charge >= 0.3 is 5.97 Å². The maximum atomic E-state index is 10.8. The second-order valence-corrected chi connectivity index (χ2v) is 5.12. The quantitative estimate of drug-likeness (QED) is 0.829. The van der Waals surface area contributed by atoms with Gasteiger partial charge in [0.1, 0.15) is 0 Å². The number of nitrogen functional groups attached to an aromatic ring is 1. The molecule has 0 aliphatic carbocycles. The lowest BCUT2D eigenvalue weighted by Crippen LogP contribution is -2.01. The molecule has 2 rings (SSSR count). The van der Waals surface area contributed by atoms with Gasteiger partial charge in [-0.1, -0.05) is 29.5 Å². The van der Waals surface area contributed by atoms with Gasteiger partial charge in [-0.05, 0) is 37.3 Å². The molecule has 0 saturated carbocycles. The molecule has 0 unspecified atom stereocenters. The third-order valence-corrected chi connectivity index (χ3v) is 3.46. The van der Waals surface area contributed by atoms with Gasteiger partial charge in [0, 0.05) is 15.5 Å². The first-order valence-electron chi connectivity index (χ1n) is 5.43. The van der Waals surface area contributed by atoms with E-state index in [1.54, 1.807) is 23.9 Å². The summed E-state index contributed by atoms with van der Waals surface area (Å²) in [7, 11) is 0. The van der Waals surface area contributed by atoms with Gasteiger partial charge in [-0.3, -0.25) is 0 Å². The summed E-state index contributed by atoms with van der Waals surface area (Å²) in [6.07, 6.45) is 0. The summed E-state index contributed by atoms with van der Waals surface area (Å²) in [5.41, 5.74) is 7.34. The van der Waals surface area contributed by atoms with Crippen LogP contribution in [-0.4, -0.2) is 11.1 Å². The van der Waals surface area contributed by atoms with Crippen LogP contribution >= 0.6 is 11.8 Å². The minimum atomic E-state index is -1.00. The van der Waals surface area contributed by atoms with E-state index >= 15 is 0 Å². The number of hydrogen-bond acceptors (Lipinski definition) is 3. The maximum absolute atomic E-state index is 10.8.